The number of ether oxygens (including phenoxy) is 1. The molecule has 0 unspecified atom stereocenters. The molecule has 0 bridgehead atoms. The number of amides is 1. The van der Waals surface area contributed by atoms with E-state index in [-0.39, 0.29) is 31.5 Å². The summed E-state index contributed by atoms with van der Waals surface area (Å²) >= 11 is 0. The van der Waals surface area contributed by atoms with Crippen LogP contribution in [0.25, 0.3) is 10.9 Å². The number of alkyl halides is 1. The molecule has 0 radical (unpaired) electrons. The maximum absolute atomic E-state index is 13.7. The molecule has 1 N–H and O–H groups in total. The van der Waals surface area contributed by atoms with Gasteiger partial charge in [-0.3, -0.25) is 14.7 Å². The minimum absolute atomic E-state index is 0.0181. The highest BCUT2D eigenvalue weighted by Crippen LogP contribution is 2.32. The average molecular weight is 474 g/mol. The second-order valence-corrected chi connectivity index (χ2v) is 9.17. The molecular formula is C27H28FN5O2. The van der Waals surface area contributed by atoms with Crippen molar-refractivity contribution in [2.24, 2.45) is 0 Å². The molecule has 5 rings (SSSR count). The SMILES string of the molecule is N#C[C@@H]1C[C@H](F)CN1C(=O)CN1CC[C@H](Nc2ccc(OCc3ccccc3)c3ncccc23)C1. The molecule has 2 aliphatic heterocycles. The number of benzene rings is 2. The van der Waals surface area contributed by atoms with Gasteiger partial charge in [0.1, 0.15) is 30.1 Å². The number of nitriles is 1. The summed E-state index contributed by atoms with van der Waals surface area (Å²) in [5.74, 6) is 0.560. The van der Waals surface area contributed by atoms with Crippen molar-refractivity contribution >= 4 is 22.5 Å². The molecule has 35 heavy (non-hydrogen) atoms. The number of hydrogen-bond donors (Lipinski definition) is 1. The lowest BCUT2D eigenvalue weighted by Crippen LogP contribution is -2.42. The first kappa shape index (κ1) is 23.1. The highest BCUT2D eigenvalue weighted by molar-refractivity contribution is 5.95. The molecule has 8 heteroatoms. The number of pyridine rings is 1. The van der Waals surface area contributed by atoms with Gasteiger partial charge >= 0.3 is 0 Å². The Morgan fingerprint density at radius 1 is 1.17 bits per heavy atom. The van der Waals surface area contributed by atoms with Crippen molar-refractivity contribution in [2.45, 2.75) is 37.7 Å². The van der Waals surface area contributed by atoms with E-state index in [0.717, 1.165) is 40.9 Å². The Kier molecular flexibility index (Phi) is 6.77. The number of nitrogens with zero attached hydrogens (tertiary/aromatic N) is 4. The smallest absolute Gasteiger partial charge is 0.237 e. The number of nitrogens with one attached hydrogen (secondary N) is 1. The van der Waals surface area contributed by atoms with Gasteiger partial charge in [0.05, 0.1) is 19.2 Å². The Labute approximate surface area is 204 Å². The normalized spacial score (nSPS) is 22.3. The van der Waals surface area contributed by atoms with Crippen LogP contribution >= 0.6 is 0 Å². The number of carbonyl (C=O) groups excluding carboxylic acids is 1. The summed E-state index contributed by atoms with van der Waals surface area (Å²) < 4.78 is 19.8. The largest absolute Gasteiger partial charge is 0.487 e. The molecule has 3 heterocycles. The Balaban J connectivity index is 1.22. The minimum Gasteiger partial charge on any atom is -0.487 e. The van der Waals surface area contributed by atoms with Crippen LogP contribution in [0.2, 0.25) is 0 Å². The minimum atomic E-state index is -1.11. The maximum atomic E-state index is 13.7. The molecular weight excluding hydrogens is 445 g/mol. The van der Waals surface area contributed by atoms with Gasteiger partial charge in [0, 0.05) is 42.8 Å². The third kappa shape index (κ3) is 5.20. The zero-order valence-electron chi connectivity index (χ0n) is 19.4. The fourth-order valence-electron chi connectivity index (χ4n) is 4.90. The summed E-state index contributed by atoms with van der Waals surface area (Å²) in [6, 6.07) is 19.5. The van der Waals surface area contributed by atoms with Gasteiger partial charge in [-0.2, -0.15) is 5.26 Å². The Bertz CT molecular complexity index is 1230. The molecule has 0 spiro atoms. The maximum Gasteiger partial charge on any atom is 0.237 e. The van der Waals surface area contributed by atoms with Crippen LogP contribution in [0, 0.1) is 11.3 Å². The van der Waals surface area contributed by atoms with Crippen LogP contribution in [-0.2, 0) is 11.4 Å². The molecule has 3 aromatic rings. The summed E-state index contributed by atoms with van der Waals surface area (Å²) in [6.45, 7) is 2.16. The van der Waals surface area contributed by atoms with E-state index in [1.807, 2.05) is 60.7 Å². The summed E-state index contributed by atoms with van der Waals surface area (Å²) in [6.07, 6.45) is 1.64. The van der Waals surface area contributed by atoms with Gasteiger partial charge < -0.3 is 15.0 Å². The third-order valence-electron chi connectivity index (χ3n) is 6.68. The zero-order valence-corrected chi connectivity index (χ0v) is 19.4. The van der Waals surface area contributed by atoms with Crippen molar-refractivity contribution in [3.05, 3.63) is 66.4 Å². The highest BCUT2D eigenvalue weighted by Gasteiger charge is 2.36. The Morgan fingerprint density at radius 3 is 2.86 bits per heavy atom. The van der Waals surface area contributed by atoms with E-state index >= 15 is 0 Å². The summed E-state index contributed by atoms with van der Waals surface area (Å²) in [5.41, 5.74) is 2.87. The predicted octanol–water partition coefficient (Wildman–Crippen LogP) is 3.76. The number of hydrogen-bond acceptors (Lipinski definition) is 6. The van der Waals surface area contributed by atoms with Crippen molar-refractivity contribution in [1.29, 1.82) is 5.26 Å². The molecule has 2 aliphatic rings. The van der Waals surface area contributed by atoms with Crippen molar-refractivity contribution in [3.63, 3.8) is 0 Å². The first-order chi connectivity index (χ1) is 17.1. The number of carbonyl (C=O) groups is 1. The van der Waals surface area contributed by atoms with Crippen LogP contribution in [-0.4, -0.2) is 65.1 Å². The van der Waals surface area contributed by atoms with Crippen molar-refractivity contribution < 1.29 is 13.9 Å². The number of fused-ring (bicyclic) bond motifs is 1. The molecule has 0 saturated carbocycles. The second-order valence-electron chi connectivity index (χ2n) is 9.17. The van der Waals surface area contributed by atoms with E-state index in [4.69, 9.17) is 4.74 Å². The van der Waals surface area contributed by atoms with Crippen LogP contribution in [0.5, 0.6) is 5.75 Å². The van der Waals surface area contributed by atoms with E-state index in [0.29, 0.717) is 13.2 Å². The van der Waals surface area contributed by atoms with Gasteiger partial charge in [0.15, 0.2) is 0 Å². The molecule has 7 nitrogen and oxygen atoms in total. The van der Waals surface area contributed by atoms with Crippen molar-refractivity contribution in [3.8, 4) is 11.8 Å². The van der Waals surface area contributed by atoms with Crippen LogP contribution < -0.4 is 10.1 Å². The van der Waals surface area contributed by atoms with Gasteiger partial charge in [0.2, 0.25) is 5.91 Å². The summed E-state index contributed by atoms with van der Waals surface area (Å²) in [5, 5.41) is 13.8. The number of halogens is 1. The topological polar surface area (TPSA) is 81.5 Å². The zero-order chi connectivity index (χ0) is 24.2. The molecule has 0 aliphatic carbocycles. The molecule has 1 amide bonds. The van der Waals surface area contributed by atoms with Gasteiger partial charge in [0.25, 0.3) is 0 Å². The van der Waals surface area contributed by atoms with Gasteiger partial charge in [-0.05, 0) is 36.2 Å². The van der Waals surface area contributed by atoms with E-state index in [9.17, 15) is 14.4 Å². The third-order valence-corrected chi connectivity index (χ3v) is 6.68. The summed E-state index contributed by atoms with van der Waals surface area (Å²) in [7, 11) is 0. The van der Waals surface area contributed by atoms with E-state index in [1.54, 1.807) is 6.20 Å². The van der Waals surface area contributed by atoms with Crippen LogP contribution in [0.4, 0.5) is 10.1 Å². The standard InChI is InChI=1S/C27H28FN5O2/c28-20-13-22(14-29)33(15-20)26(34)17-32-12-10-21(16-32)31-24-8-9-25(27-23(24)7-4-11-30-27)35-18-19-5-2-1-3-6-19/h1-9,11,20-22,31H,10,12-13,15-18H2/t20-,21-,22-/m0/s1. The first-order valence-corrected chi connectivity index (χ1v) is 12.0. The Hall–Kier alpha value is -3.70. The molecule has 2 fully saturated rings. The van der Waals surface area contributed by atoms with Crippen LogP contribution in [0.15, 0.2) is 60.8 Å². The molecule has 2 saturated heterocycles. The lowest BCUT2D eigenvalue weighted by atomic mass is 10.1. The van der Waals surface area contributed by atoms with Crippen molar-refractivity contribution in [2.75, 3.05) is 31.5 Å². The Morgan fingerprint density at radius 2 is 2.03 bits per heavy atom. The van der Waals surface area contributed by atoms with Gasteiger partial charge in [-0.15, -0.1) is 0 Å². The number of rotatable bonds is 7. The fourth-order valence-corrected chi connectivity index (χ4v) is 4.90. The first-order valence-electron chi connectivity index (χ1n) is 12.0. The van der Waals surface area contributed by atoms with E-state index in [2.05, 4.69) is 15.2 Å². The fraction of sp³-hybridized carbons (Fsp3) is 0.370. The molecule has 2 aromatic carbocycles. The van der Waals surface area contributed by atoms with E-state index < -0.39 is 12.2 Å². The van der Waals surface area contributed by atoms with Crippen LogP contribution in [0.1, 0.15) is 18.4 Å². The molecule has 1 aromatic heterocycles. The highest BCUT2D eigenvalue weighted by atomic mass is 19.1. The molecule has 3 atom stereocenters. The monoisotopic (exact) mass is 473 g/mol. The quantitative estimate of drug-likeness (QED) is 0.563. The van der Waals surface area contributed by atoms with Crippen molar-refractivity contribution in [1.82, 2.24) is 14.8 Å². The number of aromatic nitrogens is 1. The predicted molar refractivity (Wildman–Crippen MR) is 132 cm³/mol. The molecule has 180 valence electrons. The van der Waals surface area contributed by atoms with Gasteiger partial charge in [-0.25, -0.2) is 4.39 Å². The second kappa shape index (κ2) is 10.3. The average Bonchev–Trinajstić information content (AvgIpc) is 3.49. The lowest BCUT2D eigenvalue weighted by molar-refractivity contribution is -0.132. The summed E-state index contributed by atoms with van der Waals surface area (Å²) in [4.78, 5) is 20.7. The van der Waals surface area contributed by atoms with Crippen LogP contribution in [0.3, 0.4) is 0 Å². The number of anilines is 1. The van der Waals surface area contributed by atoms with E-state index in [1.165, 1.54) is 4.90 Å². The number of likely N-dealkylation sites (tertiary alicyclic amines) is 2. The van der Waals surface area contributed by atoms with Gasteiger partial charge in [-0.1, -0.05) is 30.3 Å². The lowest BCUT2D eigenvalue weighted by Gasteiger charge is -2.23.